The third kappa shape index (κ3) is 2.72. The van der Waals surface area contributed by atoms with Gasteiger partial charge in [-0.05, 0) is 23.1 Å². The lowest BCUT2D eigenvalue weighted by Crippen LogP contribution is -2.02. The van der Waals surface area contributed by atoms with Gasteiger partial charge in [0.05, 0.1) is 13.7 Å². The molecular weight excluding hydrogens is 188 g/mol. The SMILES string of the molecule is COc1cc([C](C)CO)ccc1C(C)C. The normalized spacial score (nSPS) is 11.1. The summed E-state index contributed by atoms with van der Waals surface area (Å²) in [6.45, 7) is 6.29. The molecule has 1 radical (unpaired) electrons. The predicted molar refractivity (Wildman–Crippen MR) is 62.2 cm³/mol. The summed E-state index contributed by atoms with van der Waals surface area (Å²) in [5, 5.41) is 9.05. The highest BCUT2D eigenvalue weighted by atomic mass is 16.5. The fourth-order valence-corrected chi connectivity index (χ4v) is 1.54. The predicted octanol–water partition coefficient (Wildman–Crippen LogP) is 2.75. The van der Waals surface area contributed by atoms with E-state index in [1.807, 2.05) is 19.1 Å². The van der Waals surface area contributed by atoms with Gasteiger partial charge < -0.3 is 9.84 Å². The van der Waals surface area contributed by atoms with Crippen molar-refractivity contribution in [3.63, 3.8) is 0 Å². The minimum absolute atomic E-state index is 0.0875. The van der Waals surface area contributed by atoms with Crippen LogP contribution in [0.4, 0.5) is 0 Å². The molecule has 0 aliphatic rings. The second-order valence-corrected chi connectivity index (χ2v) is 4.05. The number of methoxy groups -OCH3 is 1. The van der Waals surface area contributed by atoms with Crippen molar-refractivity contribution in [1.82, 2.24) is 0 Å². The van der Waals surface area contributed by atoms with Gasteiger partial charge in [0, 0.05) is 5.92 Å². The van der Waals surface area contributed by atoms with Crippen LogP contribution in [-0.4, -0.2) is 18.8 Å². The van der Waals surface area contributed by atoms with E-state index in [0.29, 0.717) is 5.92 Å². The van der Waals surface area contributed by atoms with E-state index in [1.54, 1.807) is 7.11 Å². The van der Waals surface area contributed by atoms with Gasteiger partial charge in [-0.25, -0.2) is 0 Å². The topological polar surface area (TPSA) is 29.5 Å². The van der Waals surface area contributed by atoms with Crippen LogP contribution < -0.4 is 4.74 Å². The van der Waals surface area contributed by atoms with E-state index in [2.05, 4.69) is 19.9 Å². The largest absolute Gasteiger partial charge is 0.496 e. The number of benzene rings is 1. The Morgan fingerprint density at radius 2 is 2.07 bits per heavy atom. The number of hydrogen-bond acceptors (Lipinski definition) is 2. The van der Waals surface area contributed by atoms with E-state index in [0.717, 1.165) is 17.2 Å². The number of aliphatic hydroxyl groups excluding tert-OH is 1. The molecule has 1 aromatic rings. The molecule has 2 heteroatoms. The van der Waals surface area contributed by atoms with Crippen molar-refractivity contribution in [1.29, 1.82) is 0 Å². The maximum atomic E-state index is 9.05. The first-order valence-electron chi connectivity index (χ1n) is 5.21. The zero-order chi connectivity index (χ0) is 11.4. The lowest BCUT2D eigenvalue weighted by atomic mass is 9.95. The number of hydrogen-bond donors (Lipinski definition) is 1. The lowest BCUT2D eigenvalue weighted by molar-refractivity contribution is 0.314. The molecule has 0 aromatic heterocycles. The van der Waals surface area contributed by atoms with E-state index in [-0.39, 0.29) is 6.61 Å². The molecule has 0 heterocycles. The van der Waals surface area contributed by atoms with Crippen LogP contribution in [0.5, 0.6) is 5.75 Å². The average Bonchev–Trinajstić information content (AvgIpc) is 2.26. The molecule has 0 spiro atoms. The Morgan fingerprint density at radius 1 is 1.40 bits per heavy atom. The van der Waals surface area contributed by atoms with Crippen LogP contribution in [0.3, 0.4) is 0 Å². The van der Waals surface area contributed by atoms with Crippen LogP contribution in [0.15, 0.2) is 18.2 Å². The molecule has 0 aliphatic heterocycles. The van der Waals surface area contributed by atoms with Gasteiger partial charge >= 0.3 is 0 Å². The Balaban J connectivity index is 3.07. The second-order valence-electron chi connectivity index (χ2n) is 4.05. The van der Waals surface area contributed by atoms with Crippen molar-refractivity contribution in [3.8, 4) is 5.75 Å². The van der Waals surface area contributed by atoms with E-state index >= 15 is 0 Å². The van der Waals surface area contributed by atoms with Crippen LogP contribution in [0, 0.1) is 5.92 Å². The monoisotopic (exact) mass is 207 g/mol. The van der Waals surface area contributed by atoms with E-state index in [1.165, 1.54) is 5.56 Å². The molecule has 0 amide bonds. The molecule has 0 bridgehead atoms. The van der Waals surface area contributed by atoms with Gasteiger partial charge in [-0.15, -0.1) is 0 Å². The van der Waals surface area contributed by atoms with Crippen molar-refractivity contribution < 1.29 is 9.84 Å². The van der Waals surface area contributed by atoms with Gasteiger partial charge in [0.15, 0.2) is 0 Å². The first-order valence-corrected chi connectivity index (χ1v) is 5.21. The van der Waals surface area contributed by atoms with Crippen molar-refractivity contribution in [2.45, 2.75) is 26.7 Å². The van der Waals surface area contributed by atoms with Gasteiger partial charge in [-0.2, -0.15) is 0 Å². The molecule has 2 nitrogen and oxygen atoms in total. The first-order chi connectivity index (χ1) is 7.10. The van der Waals surface area contributed by atoms with Crippen LogP contribution in [0.25, 0.3) is 0 Å². The summed E-state index contributed by atoms with van der Waals surface area (Å²) in [4.78, 5) is 0. The van der Waals surface area contributed by atoms with Gasteiger partial charge in [0.2, 0.25) is 0 Å². The molecule has 0 unspecified atom stereocenters. The molecule has 1 rings (SSSR count). The molecule has 1 N–H and O–H groups in total. The van der Waals surface area contributed by atoms with Crippen molar-refractivity contribution in [2.75, 3.05) is 13.7 Å². The van der Waals surface area contributed by atoms with Crippen LogP contribution >= 0.6 is 0 Å². The highest BCUT2D eigenvalue weighted by Gasteiger charge is 2.11. The summed E-state index contributed by atoms with van der Waals surface area (Å²) in [5.41, 5.74) is 2.24. The summed E-state index contributed by atoms with van der Waals surface area (Å²) in [6.07, 6.45) is 0. The number of ether oxygens (including phenoxy) is 1. The second kappa shape index (κ2) is 5.17. The van der Waals surface area contributed by atoms with Crippen LogP contribution in [0.1, 0.15) is 37.8 Å². The Hall–Kier alpha value is -1.02. The maximum Gasteiger partial charge on any atom is 0.122 e. The Kier molecular flexibility index (Phi) is 4.15. The summed E-state index contributed by atoms with van der Waals surface area (Å²) in [7, 11) is 1.68. The van der Waals surface area contributed by atoms with Gasteiger partial charge in [-0.1, -0.05) is 32.9 Å². The zero-order valence-electron chi connectivity index (χ0n) is 9.87. The smallest absolute Gasteiger partial charge is 0.122 e. The molecule has 0 saturated heterocycles. The van der Waals surface area contributed by atoms with Gasteiger partial charge in [0.1, 0.15) is 5.75 Å². The van der Waals surface area contributed by atoms with E-state index < -0.39 is 0 Å². The summed E-state index contributed by atoms with van der Waals surface area (Å²) in [5.74, 6) is 2.31. The average molecular weight is 207 g/mol. The standard InChI is InChI=1S/C13H19O2/c1-9(2)12-6-5-11(10(3)8-14)7-13(12)15-4/h5-7,9,14H,8H2,1-4H3. The number of aliphatic hydroxyl groups is 1. The quantitative estimate of drug-likeness (QED) is 0.822. The zero-order valence-corrected chi connectivity index (χ0v) is 9.87. The third-order valence-corrected chi connectivity index (χ3v) is 2.59. The fraction of sp³-hybridized carbons (Fsp3) is 0.462. The summed E-state index contributed by atoms with van der Waals surface area (Å²) in [6, 6.07) is 6.09. The minimum Gasteiger partial charge on any atom is -0.496 e. The van der Waals surface area contributed by atoms with E-state index in [9.17, 15) is 0 Å². The maximum absolute atomic E-state index is 9.05. The van der Waals surface area contributed by atoms with Gasteiger partial charge in [0.25, 0.3) is 0 Å². The third-order valence-electron chi connectivity index (χ3n) is 2.59. The molecule has 0 atom stereocenters. The Morgan fingerprint density at radius 3 is 2.53 bits per heavy atom. The fourth-order valence-electron chi connectivity index (χ4n) is 1.54. The molecule has 15 heavy (non-hydrogen) atoms. The van der Waals surface area contributed by atoms with Crippen LogP contribution in [-0.2, 0) is 0 Å². The van der Waals surface area contributed by atoms with E-state index in [4.69, 9.17) is 9.84 Å². The van der Waals surface area contributed by atoms with Crippen molar-refractivity contribution in [3.05, 3.63) is 35.2 Å². The molecule has 0 saturated carbocycles. The Labute approximate surface area is 91.9 Å². The molecule has 1 aromatic carbocycles. The van der Waals surface area contributed by atoms with Gasteiger partial charge in [-0.3, -0.25) is 0 Å². The highest BCUT2D eigenvalue weighted by molar-refractivity contribution is 5.43. The number of rotatable bonds is 4. The molecule has 83 valence electrons. The molecular formula is C13H19O2. The van der Waals surface area contributed by atoms with Crippen molar-refractivity contribution >= 4 is 0 Å². The molecule has 0 aliphatic carbocycles. The van der Waals surface area contributed by atoms with Crippen molar-refractivity contribution in [2.24, 2.45) is 0 Å². The Bertz CT molecular complexity index is 318. The lowest BCUT2D eigenvalue weighted by Gasteiger charge is -2.15. The first kappa shape index (κ1) is 12.1. The summed E-state index contributed by atoms with van der Waals surface area (Å²) >= 11 is 0. The summed E-state index contributed by atoms with van der Waals surface area (Å²) < 4.78 is 5.35. The highest BCUT2D eigenvalue weighted by Crippen LogP contribution is 2.29. The molecule has 0 fully saturated rings. The minimum atomic E-state index is 0.0875. The van der Waals surface area contributed by atoms with Crippen LogP contribution in [0.2, 0.25) is 0 Å².